The van der Waals surface area contributed by atoms with Crippen molar-refractivity contribution in [2.24, 2.45) is 40.4 Å². The molecular formula is C37H62O4. The number of carbonyl (C=O) groups excluding carboxylic acids is 1. The molecule has 3 saturated carbocycles. The lowest BCUT2D eigenvalue weighted by Gasteiger charge is -2.58. The number of unbranched alkanes of at least 4 members (excludes halogenated alkanes) is 1. The Hall–Kier alpha value is -1.13. The van der Waals surface area contributed by atoms with Crippen LogP contribution in [0.1, 0.15) is 138 Å². The zero-order chi connectivity index (χ0) is 29.8. The molecule has 4 aliphatic carbocycles. The molecule has 3 fully saturated rings. The van der Waals surface area contributed by atoms with Crippen LogP contribution in [0.3, 0.4) is 0 Å². The smallest absolute Gasteiger partial charge is 0.308 e. The van der Waals surface area contributed by atoms with E-state index in [4.69, 9.17) is 9.47 Å². The molecule has 4 nitrogen and oxygen atoms in total. The number of esters is 1. The molecular weight excluding hydrogens is 508 g/mol. The van der Waals surface area contributed by atoms with Crippen molar-refractivity contribution in [1.82, 2.24) is 0 Å². The van der Waals surface area contributed by atoms with Gasteiger partial charge in [0.05, 0.1) is 25.2 Å². The van der Waals surface area contributed by atoms with Crippen molar-refractivity contribution < 1.29 is 19.4 Å². The molecule has 0 saturated heterocycles. The number of fused-ring (bicyclic) bond motifs is 5. The molecule has 0 heterocycles. The van der Waals surface area contributed by atoms with Crippen molar-refractivity contribution >= 4 is 5.97 Å². The van der Waals surface area contributed by atoms with Crippen LogP contribution in [0.2, 0.25) is 0 Å². The van der Waals surface area contributed by atoms with E-state index in [-0.39, 0.29) is 18.5 Å². The van der Waals surface area contributed by atoms with Gasteiger partial charge in [-0.15, -0.1) is 0 Å². The molecule has 0 amide bonds. The first-order chi connectivity index (χ1) is 19.3. The van der Waals surface area contributed by atoms with E-state index >= 15 is 0 Å². The SMILES string of the molecule is CC(C)CCCC[C@H]1CCC2C3CC=C4C[C@@H](OC/C=C/CC(O)CC(=O)OC(C)(C)C)CC[C@]4(C)C3CC[C@@]21C. The molecule has 0 radical (unpaired) electrons. The molecule has 0 aliphatic heterocycles. The summed E-state index contributed by atoms with van der Waals surface area (Å²) in [7, 11) is 0. The average Bonchev–Trinajstić information content (AvgIpc) is 3.21. The summed E-state index contributed by atoms with van der Waals surface area (Å²) in [5, 5.41) is 10.2. The van der Waals surface area contributed by atoms with Gasteiger partial charge in [0.2, 0.25) is 0 Å². The van der Waals surface area contributed by atoms with Crippen LogP contribution in [0.15, 0.2) is 23.8 Å². The van der Waals surface area contributed by atoms with Crippen molar-refractivity contribution in [3.8, 4) is 0 Å². The molecule has 0 aromatic heterocycles. The summed E-state index contributed by atoms with van der Waals surface area (Å²) in [5.41, 5.74) is 2.10. The third kappa shape index (κ3) is 8.08. The molecule has 4 rings (SSSR count). The Morgan fingerprint density at radius 1 is 1.07 bits per heavy atom. The Labute approximate surface area is 252 Å². The number of hydrogen-bond acceptors (Lipinski definition) is 4. The third-order valence-corrected chi connectivity index (χ3v) is 11.7. The van der Waals surface area contributed by atoms with Crippen LogP contribution in [0.4, 0.5) is 0 Å². The molecule has 0 aromatic carbocycles. The predicted molar refractivity (Wildman–Crippen MR) is 168 cm³/mol. The Balaban J connectivity index is 1.24. The second kappa shape index (κ2) is 13.7. The second-order valence-corrected chi connectivity index (χ2v) is 16.1. The normalized spacial score (nSPS) is 36.0. The lowest BCUT2D eigenvalue weighted by molar-refractivity contribution is -0.156. The van der Waals surface area contributed by atoms with Crippen LogP contribution in [0.25, 0.3) is 0 Å². The topological polar surface area (TPSA) is 55.8 Å². The van der Waals surface area contributed by atoms with E-state index in [1.54, 1.807) is 5.57 Å². The van der Waals surface area contributed by atoms with Gasteiger partial charge in [-0.2, -0.15) is 0 Å². The van der Waals surface area contributed by atoms with Crippen LogP contribution in [-0.2, 0) is 14.3 Å². The molecule has 234 valence electrons. The van der Waals surface area contributed by atoms with Gasteiger partial charge in [-0.1, -0.05) is 70.8 Å². The average molecular weight is 571 g/mol. The molecule has 0 aromatic rings. The maximum absolute atomic E-state index is 11.9. The van der Waals surface area contributed by atoms with Gasteiger partial charge in [0.25, 0.3) is 0 Å². The number of carbonyl (C=O) groups is 1. The molecule has 0 bridgehead atoms. The largest absolute Gasteiger partial charge is 0.460 e. The highest BCUT2D eigenvalue weighted by Crippen LogP contribution is 2.66. The Kier molecular flexibility index (Phi) is 10.9. The maximum Gasteiger partial charge on any atom is 0.308 e. The van der Waals surface area contributed by atoms with Gasteiger partial charge < -0.3 is 14.6 Å². The first-order valence-corrected chi connectivity index (χ1v) is 17.2. The lowest BCUT2D eigenvalue weighted by atomic mass is 9.47. The molecule has 8 atom stereocenters. The minimum atomic E-state index is -0.714. The number of aliphatic hydroxyl groups excluding tert-OH is 1. The highest BCUT2D eigenvalue weighted by Gasteiger charge is 2.58. The number of aliphatic hydroxyl groups is 1. The van der Waals surface area contributed by atoms with Gasteiger partial charge in [0, 0.05) is 0 Å². The van der Waals surface area contributed by atoms with Gasteiger partial charge in [-0.05, 0) is 125 Å². The summed E-state index contributed by atoms with van der Waals surface area (Å²) in [4.78, 5) is 11.9. The summed E-state index contributed by atoms with van der Waals surface area (Å²) >= 11 is 0. The monoisotopic (exact) mass is 570 g/mol. The highest BCUT2D eigenvalue weighted by atomic mass is 16.6. The van der Waals surface area contributed by atoms with Crippen molar-refractivity contribution in [3.05, 3.63) is 23.8 Å². The molecule has 41 heavy (non-hydrogen) atoms. The fourth-order valence-corrected chi connectivity index (χ4v) is 9.47. The van der Waals surface area contributed by atoms with Crippen LogP contribution >= 0.6 is 0 Å². The minimum Gasteiger partial charge on any atom is -0.460 e. The van der Waals surface area contributed by atoms with Gasteiger partial charge in [-0.3, -0.25) is 4.79 Å². The Morgan fingerprint density at radius 2 is 1.85 bits per heavy atom. The van der Waals surface area contributed by atoms with Crippen molar-refractivity contribution in [2.75, 3.05) is 6.61 Å². The lowest BCUT2D eigenvalue weighted by Crippen LogP contribution is -2.50. The Morgan fingerprint density at radius 3 is 2.59 bits per heavy atom. The number of allylic oxidation sites excluding steroid dienone is 1. The number of ether oxygens (including phenoxy) is 2. The first kappa shape index (κ1) is 32.8. The zero-order valence-corrected chi connectivity index (χ0v) is 27.6. The van der Waals surface area contributed by atoms with Gasteiger partial charge in [0.1, 0.15) is 5.60 Å². The molecule has 4 unspecified atom stereocenters. The van der Waals surface area contributed by atoms with E-state index in [0.29, 0.717) is 23.9 Å². The quantitative estimate of drug-likeness (QED) is 0.144. The summed E-state index contributed by atoms with van der Waals surface area (Å²) < 4.78 is 11.6. The predicted octanol–water partition coefficient (Wildman–Crippen LogP) is 9.21. The zero-order valence-electron chi connectivity index (χ0n) is 27.6. The number of rotatable bonds is 12. The van der Waals surface area contributed by atoms with Crippen LogP contribution in [0, 0.1) is 40.4 Å². The Bertz CT molecular complexity index is 928. The molecule has 4 heteroatoms. The van der Waals surface area contributed by atoms with Crippen molar-refractivity contribution in [3.63, 3.8) is 0 Å². The molecule has 0 spiro atoms. The van der Waals surface area contributed by atoms with E-state index in [0.717, 1.165) is 42.4 Å². The van der Waals surface area contributed by atoms with E-state index in [1.165, 1.54) is 64.2 Å². The fourth-order valence-electron chi connectivity index (χ4n) is 9.47. The van der Waals surface area contributed by atoms with Gasteiger partial charge >= 0.3 is 5.97 Å². The number of hydrogen-bond donors (Lipinski definition) is 1. The summed E-state index contributed by atoms with van der Waals surface area (Å²) in [6, 6.07) is 0. The van der Waals surface area contributed by atoms with E-state index in [2.05, 4.69) is 33.8 Å². The fraction of sp³-hybridized carbons (Fsp3) is 0.865. The first-order valence-electron chi connectivity index (χ1n) is 17.2. The second-order valence-electron chi connectivity index (χ2n) is 16.1. The summed E-state index contributed by atoms with van der Waals surface area (Å²) in [6.45, 7) is 16.1. The highest BCUT2D eigenvalue weighted by molar-refractivity contribution is 5.70. The minimum absolute atomic E-state index is 0.0267. The van der Waals surface area contributed by atoms with Crippen molar-refractivity contribution in [1.29, 1.82) is 0 Å². The van der Waals surface area contributed by atoms with Crippen molar-refractivity contribution in [2.45, 2.75) is 156 Å². The van der Waals surface area contributed by atoms with Crippen LogP contribution < -0.4 is 0 Å². The van der Waals surface area contributed by atoms with Gasteiger partial charge in [0.15, 0.2) is 0 Å². The molecule has 1 N–H and O–H groups in total. The maximum atomic E-state index is 11.9. The summed E-state index contributed by atoms with van der Waals surface area (Å²) in [6.07, 6.45) is 22.9. The van der Waals surface area contributed by atoms with Crippen LogP contribution in [0.5, 0.6) is 0 Å². The molecule has 4 aliphatic rings. The van der Waals surface area contributed by atoms with Gasteiger partial charge in [-0.25, -0.2) is 0 Å². The van der Waals surface area contributed by atoms with E-state index in [9.17, 15) is 9.90 Å². The summed E-state index contributed by atoms with van der Waals surface area (Å²) in [5.74, 6) is 4.11. The van der Waals surface area contributed by atoms with E-state index < -0.39 is 11.7 Å². The third-order valence-electron chi connectivity index (χ3n) is 11.7. The van der Waals surface area contributed by atoms with E-state index in [1.807, 2.05) is 32.9 Å². The standard InChI is InChI=1S/C37H62O4/c1-26(2)12-8-9-13-27-16-18-32-31-17-15-28-24-30(19-21-37(28,7)33(31)20-22-36(27,32)6)40-23-11-10-14-29(38)25-34(39)41-35(3,4)5/h10-11,15,26-27,29-33,38H,8-9,12-14,16-25H2,1-7H3/b11-10+/t27-,29?,30-,31?,32?,33?,36+,37-/m0/s1. The van der Waals surface area contributed by atoms with Crippen LogP contribution in [-0.4, -0.2) is 35.5 Å².